The van der Waals surface area contributed by atoms with Crippen LogP contribution < -0.4 is 5.56 Å². The summed E-state index contributed by atoms with van der Waals surface area (Å²) >= 11 is 0. The molecule has 5 heteroatoms. The topological polar surface area (TPSA) is 47.8 Å². The zero-order valence-corrected chi connectivity index (χ0v) is 14.5. The molecule has 26 heavy (non-hydrogen) atoms. The Morgan fingerprint density at radius 1 is 1.23 bits per heavy atom. The van der Waals surface area contributed by atoms with Crippen molar-refractivity contribution in [2.45, 2.75) is 38.4 Å². The Morgan fingerprint density at radius 3 is 2.92 bits per heavy atom. The van der Waals surface area contributed by atoms with Crippen LogP contribution in [0.4, 0.5) is 4.39 Å². The van der Waals surface area contributed by atoms with Crippen LogP contribution in [0.3, 0.4) is 0 Å². The molecule has 1 aliphatic rings. The van der Waals surface area contributed by atoms with Gasteiger partial charge in [-0.15, -0.1) is 0 Å². The summed E-state index contributed by atoms with van der Waals surface area (Å²) in [5.41, 5.74) is 0.503. The number of aromatic nitrogens is 3. The van der Waals surface area contributed by atoms with Gasteiger partial charge in [-0.1, -0.05) is 12.0 Å². The normalized spacial score (nSPS) is 19.3. The summed E-state index contributed by atoms with van der Waals surface area (Å²) in [6, 6.07) is 10.9. The standard InChI is InChI=1S/C21H18FN3O/c1-21(22)11-4-6-19-24-18-13-15(7-9-16-5-2-3-12-23-16)8-10-17(18)20(26)25(19)14-21/h2-3,5,8,10,12-13H,4,6,11,14H2,1H3. The minimum Gasteiger partial charge on any atom is -0.293 e. The van der Waals surface area contributed by atoms with Gasteiger partial charge in [-0.2, -0.15) is 0 Å². The maximum absolute atomic E-state index is 14.5. The van der Waals surface area contributed by atoms with Crippen molar-refractivity contribution in [3.63, 3.8) is 0 Å². The molecule has 0 amide bonds. The smallest absolute Gasteiger partial charge is 0.261 e. The first kappa shape index (κ1) is 16.5. The Balaban J connectivity index is 1.79. The van der Waals surface area contributed by atoms with Crippen molar-refractivity contribution in [2.75, 3.05) is 0 Å². The minimum atomic E-state index is -1.38. The van der Waals surface area contributed by atoms with Crippen LogP contribution in [0.15, 0.2) is 47.4 Å². The molecule has 0 saturated heterocycles. The molecule has 130 valence electrons. The van der Waals surface area contributed by atoms with Gasteiger partial charge in [0, 0.05) is 18.2 Å². The van der Waals surface area contributed by atoms with Crippen molar-refractivity contribution in [2.24, 2.45) is 0 Å². The predicted molar refractivity (Wildman–Crippen MR) is 98.7 cm³/mol. The summed E-state index contributed by atoms with van der Waals surface area (Å²) in [6.07, 6.45) is 3.42. The number of fused-ring (bicyclic) bond motifs is 2. The molecule has 0 saturated carbocycles. The lowest BCUT2D eigenvalue weighted by molar-refractivity contribution is 0.150. The van der Waals surface area contributed by atoms with Crippen molar-refractivity contribution in [3.8, 4) is 11.8 Å². The summed E-state index contributed by atoms with van der Waals surface area (Å²) in [6.45, 7) is 1.61. The molecule has 2 aromatic heterocycles. The zero-order chi connectivity index (χ0) is 18.1. The van der Waals surface area contributed by atoms with Crippen molar-refractivity contribution in [3.05, 3.63) is 70.0 Å². The highest BCUT2D eigenvalue weighted by Gasteiger charge is 2.29. The molecule has 1 unspecified atom stereocenters. The highest BCUT2D eigenvalue weighted by molar-refractivity contribution is 5.79. The third-order valence-corrected chi connectivity index (χ3v) is 4.62. The Labute approximate surface area is 150 Å². The molecule has 4 nitrogen and oxygen atoms in total. The maximum Gasteiger partial charge on any atom is 0.261 e. The summed E-state index contributed by atoms with van der Waals surface area (Å²) in [4.78, 5) is 21.6. The average Bonchev–Trinajstić information content (AvgIpc) is 2.78. The molecular weight excluding hydrogens is 329 g/mol. The van der Waals surface area contributed by atoms with E-state index in [2.05, 4.69) is 21.8 Å². The number of pyridine rings is 1. The lowest BCUT2D eigenvalue weighted by Crippen LogP contribution is -2.32. The van der Waals surface area contributed by atoms with Crippen molar-refractivity contribution >= 4 is 10.9 Å². The van der Waals surface area contributed by atoms with Crippen molar-refractivity contribution < 1.29 is 4.39 Å². The SMILES string of the molecule is CC1(F)CCCc2nc3cc(C#Cc4ccccn4)ccc3c(=O)n2C1. The number of aryl methyl sites for hydroxylation is 1. The fraction of sp³-hybridized carbons (Fsp3) is 0.286. The molecule has 0 bridgehead atoms. The predicted octanol–water partition coefficient (Wildman–Crippen LogP) is 3.26. The first-order valence-electron chi connectivity index (χ1n) is 8.67. The molecule has 1 atom stereocenters. The average molecular weight is 347 g/mol. The fourth-order valence-corrected chi connectivity index (χ4v) is 3.30. The molecule has 1 aromatic carbocycles. The van der Waals surface area contributed by atoms with E-state index in [4.69, 9.17) is 0 Å². The zero-order valence-electron chi connectivity index (χ0n) is 14.5. The van der Waals surface area contributed by atoms with Crippen molar-refractivity contribution in [1.29, 1.82) is 0 Å². The number of rotatable bonds is 0. The van der Waals surface area contributed by atoms with Crippen LogP contribution in [0.5, 0.6) is 0 Å². The quantitative estimate of drug-likeness (QED) is 0.587. The lowest BCUT2D eigenvalue weighted by atomic mass is 10.0. The van der Waals surface area contributed by atoms with Gasteiger partial charge in [-0.25, -0.2) is 14.4 Å². The van der Waals surface area contributed by atoms with Gasteiger partial charge in [-0.05, 0) is 56.0 Å². The number of nitrogens with zero attached hydrogens (tertiary/aromatic N) is 3. The molecule has 0 spiro atoms. The summed E-state index contributed by atoms with van der Waals surface area (Å²) in [7, 11) is 0. The minimum absolute atomic E-state index is 0.0609. The summed E-state index contributed by atoms with van der Waals surface area (Å²) < 4.78 is 16.0. The van der Waals surface area contributed by atoms with Gasteiger partial charge in [0.25, 0.3) is 5.56 Å². The third-order valence-electron chi connectivity index (χ3n) is 4.62. The first-order valence-corrected chi connectivity index (χ1v) is 8.67. The van der Waals surface area contributed by atoms with Gasteiger partial charge in [0.2, 0.25) is 0 Å². The molecule has 4 rings (SSSR count). The number of hydrogen-bond donors (Lipinski definition) is 0. The molecule has 0 radical (unpaired) electrons. The highest BCUT2D eigenvalue weighted by atomic mass is 19.1. The van der Waals surface area contributed by atoms with Crippen LogP contribution in [-0.4, -0.2) is 20.2 Å². The number of hydrogen-bond acceptors (Lipinski definition) is 3. The second-order valence-electron chi connectivity index (χ2n) is 6.88. The number of halogens is 1. The Hall–Kier alpha value is -3.00. The van der Waals surface area contributed by atoms with Gasteiger partial charge >= 0.3 is 0 Å². The molecule has 0 aliphatic carbocycles. The van der Waals surface area contributed by atoms with E-state index in [-0.39, 0.29) is 12.1 Å². The highest BCUT2D eigenvalue weighted by Crippen LogP contribution is 2.25. The van der Waals surface area contributed by atoms with Crippen LogP contribution >= 0.6 is 0 Å². The second-order valence-corrected chi connectivity index (χ2v) is 6.88. The fourth-order valence-electron chi connectivity index (χ4n) is 3.30. The monoisotopic (exact) mass is 347 g/mol. The summed E-state index contributed by atoms with van der Waals surface area (Å²) in [5.74, 6) is 6.71. The second kappa shape index (κ2) is 6.38. The van der Waals surface area contributed by atoms with Gasteiger partial charge in [0.1, 0.15) is 17.2 Å². The Kier molecular flexibility index (Phi) is 4.04. The van der Waals surface area contributed by atoms with E-state index in [1.165, 1.54) is 4.57 Å². The van der Waals surface area contributed by atoms with E-state index in [0.29, 0.717) is 41.7 Å². The van der Waals surface area contributed by atoms with E-state index in [0.717, 1.165) is 5.56 Å². The van der Waals surface area contributed by atoms with E-state index in [1.54, 1.807) is 25.3 Å². The van der Waals surface area contributed by atoms with Gasteiger partial charge in [-0.3, -0.25) is 9.36 Å². The Bertz CT molecular complexity index is 1090. The van der Waals surface area contributed by atoms with Crippen LogP contribution in [-0.2, 0) is 13.0 Å². The van der Waals surface area contributed by atoms with Crippen LogP contribution in [0, 0.1) is 11.8 Å². The molecule has 3 heterocycles. The number of benzene rings is 1. The largest absolute Gasteiger partial charge is 0.293 e. The van der Waals surface area contributed by atoms with Gasteiger partial charge in [0.05, 0.1) is 17.4 Å². The van der Waals surface area contributed by atoms with E-state index < -0.39 is 5.67 Å². The van der Waals surface area contributed by atoms with Crippen LogP contribution in [0.1, 0.15) is 36.8 Å². The van der Waals surface area contributed by atoms with Gasteiger partial charge < -0.3 is 0 Å². The van der Waals surface area contributed by atoms with Crippen LogP contribution in [0.25, 0.3) is 10.9 Å². The molecular formula is C21H18FN3O. The van der Waals surface area contributed by atoms with Gasteiger partial charge in [0.15, 0.2) is 0 Å². The van der Waals surface area contributed by atoms with E-state index >= 15 is 0 Å². The molecule has 3 aromatic rings. The summed E-state index contributed by atoms with van der Waals surface area (Å²) in [5, 5.41) is 0.495. The molecule has 0 N–H and O–H groups in total. The number of alkyl halides is 1. The molecule has 0 fully saturated rings. The van der Waals surface area contributed by atoms with E-state index in [9.17, 15) is 9.18 Å². The molecule has 1 aliphatic heterocycles. The maximum atomic E-state index is 14.5. The Morgan fingerprint density at radius 2 is 2.12 bits per heavy atom. The lowest BCUT2D eigenvalue weighted by Gasteiger charge is -2.19. The van der Waals surface area contributed by atoms with Crippen LogP contribution in [0.2, 0.25) is 0 Å². The first-order chi connectivity index (χ1) is 12.5. The van der Waals surface area contributed by atoms with Crippen molar-refractivity contribution in [1.82, 2.24) is 14.5 Å². The third kappa shape index (κ3) is 3.23. The van der Waals surface area contributed by atoms with E-state index in [1.807, 2.05) is 24.3 Å².